The summed E-state index contributed by atoms with van der Waals surface area (Å²) in [5.74, 6) is 0.651. The Balaban J connectivity index is 2.31. The van der Waals surface area contributed by atoms with Crippen LogP contribution in [0.5, 0.6) is 0 Å². The second-order valence-electron chi connectivity index (χ2n) is 5.62. The van der Waals surface area contributed by atoms with Crippen LogP contribution in [0.2, 0.25) is 0 Å². The highest BCUT2D eigenvalue weighted by atomic mass is 19.1. The van der Waals surface area contributed by atoms with Gasteiger partial charge in [0.15, 0.2) is 5.82 Å². The van der Waals surface area contributed by atoms with E-state index in [0.29, 0.717) is 17.6 Å². The molecule has 0 aliphatic heterocycles. The van der Waals surface area contributed by atoms with E-state index in [2.05, 4.69) is 42.1 Å². The van der Waals surface area contributed by atoms with Crippen molar-refractivity contribution in [2.45, 2.75) is 33.6 Å². The van der Waals surface area contributed by atoms with Crippen LogP contribution < -0.4 is 5.32 Å². The highest BCUT2D eigenvalue weighted by Gasteiger charge is 2.10. The van der Waals surface area contributed by atoms with Crippen molar-refractivity contribution in [2.24, 2.45) is 5.92 Å². The number of rotatable bonds is 6. The van der Waals surface area contributed by atoms with Gasteiger partial charge in [-0.05, 0) is 30.4 Å². The zero-order chi connectivity index (χ0) is 15.2. The molecule has 1 N–H and O–H groups in total. The average molecular weight is 287 g/mol. The van der Waals surface area contributed by atoms with Crippen LogP contribution in [0.25, 0.3) is 11.3 Å². The summed E-state index contributed by atoms with van der Waals surface area (Å²) >= 11 is 0. The second kappa shape index (κ2) is 7.16. The number of aromatic nitrogens is 2. The van der Waals surface area contributed by atoms with E-state index >= 15 is 0 Å². The molecule has 0 unspecified atom stereocenters. The molecule has 0 amide bonds. The number of nitrogens with zero attached hydrogens (tertiary/aromatic N) is 2. The SMILES string of the molecule is CCCNc1ncc(F)c(-c2cccc(CC(C)C)c2)n1. The number of benzene rings is 1. The van der Waals surface area contributed by atoms with Crippen LogP contribution in [0.15, 0.2) is 30.5 Å². The van der Waals surface area contributed by atoms with Gasteiger partial charge in [-0.25, -0.2) is 14.4 Å². The van der Waals surface area contributed by atoms with Crippen LogP contribution in [0.3, 0.4) is 0 Å². The Morgan fingerprint density at radius 1 is 1.29 bits per heavy atom. The van der Waals surface area contributed by atoms with Crippen molar-refractivity contribution >= 4 is 5.95 Å². The smallest absolute Gasteiger partial charge is 0.223 e. The van der Waals surface area contributed by atoms with Crippen LogP contribution in [0, 0.1) is 11.7 Å². The number of halogens is 1. The highest BCUT2D eigenvalue weighted by Crippen LogP contribution is 2.23. The van der Waals surface area contributed by atoms with E-state index in [4.69, 9.17) is 0 Å². The maximum Gasteiger partial charge on any atom is 0.223 e. The van der Waals surface area contributed by atoms with Gasteiger partial charge in [0.2, 0.25) is 5.95 Å². The first-order valence-electron chi connectivity index (χ1n) is 7.46. The number of hydrogen-bond donors (Lipinski definition) is 1. The molecule has 0 atom stereocenters. The van der Waals surface area contributed by atoms with E-state index in [1.165, 1.54) is 11.8 Å². The third-order valence-corrected chi connectivity index (χ3v) is 3.12. The molecule has 0 bridgehead atoms. The largest absolute Gasteiger partial charge is 0.354 e. The van der Waals surface area contributed by atoms with Gasteiger partial charge in [-0.15, -0.1) is 0 Å². The summed E-state index contributed by atoms with van der Waals surface area (Å²) in [7, 11) is 0. The molecule has 0 saturated heterocycles. The minimum Gasteiger partial charge on any atom is -0.354 e. The van der Waals surface area contributed by atoms with E-state index in [-0.39, 0.29) is 0 Å². The van der Waals surface area contributed by atoms with Gasteiger partial charge in [-0.2, -0.15) is 0 Å². The van der Waals surface area contributed by atoms with Crippen LogP contribution in [-0.2, 0) is 6.42 Å². The van der Waals surface area contributed by atoms with E-state index in [0.717, 1.165) is 24.9 Å². The zero-order valence-corrected chi connectivity index (χ0v) is 12.9. The molecule has 0 radical (unpaired) electrons. The lowest BCUT2D eigenvalue weighted by atomic mass is 10.00. The second-order valence-corrected chi connectivity index (χ2v) is 5.62. The molecule has 1 heterocycles. The minimum atomic E-state index is -0.390. The molecule has 0 saturated carbocycles. The van der Waals surface area contributed by atoms with Crippen molar-refractivity contribution in [3.63, 3.8) is 0 Å². The van der Waals surface area contributed by atoms with Gasteiger partial charge in [0, 0.05) is 12.1 Å². The highest BCUT2D eigenvalue weighted by molar-refractivity contribution is 5.61. The normalized spacial score (nSPS) is 10.9. The first-order valence-corrected chi connectivity index (χ1v) is 7.46. The fourth-order valence-corrected chi connectivity index (χ4v) is 2.21. The van der Waals surface area contributed by atoms with E-state index in [1.807, 2.05) is 18.2 Å². The molecular formula is C17H22FN3. The molecule has 1 aromatic carbocycles. The van der Waals surface area contributed by atoms with Crippen LogP contribution >= 0.6 is 0 Å². The van der Waals surface area contributed by atoms with Gasteiger partial charge in [-0.3, -0.25) is 0 Å². The predicted molar refractivity (Wildman–Crippen MR) is 84.7 cm³/mol. The topological polar surface area (TPSA) is 37.8 Å². The Hall–Kier alpha value is -1.97. The summed E-state index contributed by atoms with van der Waals surface area (Å²) < 4.78 is 14.0. The average Bonchev–Trinajstić information content (AvgIpc) is 2.46. The molecule has 4 heteroatoms. The lowest BCUT2D eigenvalue weighted by Gasteiger charge is -2.09. The molecule has 2 aromatic rings. The van der Waals surface area contributed by atoms with E-state index < -0.39 is 5.82 Å². The quantitative estimate of drug-likeness (QED) is 0.860. The fourth-order valence-electron chi connectivity index (χ4n) is 2.21. The molecule has 1 aromatic heterocycles. The first-order chi connectivity index (χ1) is 10.1. The summed E-state index contributed by atoms with van der Waals surface area (Å²) in [6, 6.07) is 7.92. The van der Waals surface area contributed by atoms with Crippen molar-refractivity contribution in [1.29, 1.82) is 0 Å². The zero-order valence-electron chi connectivity index (χ0n) is 12.9. The molecule has 21 heavy (non-hydrogen) atoms. The standard InChI is InChI=1S/C17H22FN3/c1-4-8-19-17-20-11-15(18)16(21-17)14-7-5-6-13(10-14)9-12(2)3/h5-7,10-12H,4,8-9H2,1-3H3,(H,19,20,21). The van der Waals surface area contributed by atoms with Gasteiger partial charge < -0.3 is 5.32 Å². The summed E-state index contributed by atoms with van der Waals surface area (Å²) in [5, 5.41) is 3.09. The lowest BCUT2D eigenvalue weighted by molar-refractivity contribution is 0.618. The third kappa shape index (κ3) is 4.25. The molecular weight excluding hydrogens is 265 g/mol. The summed E-state index contributed by atoms with van der Waals surface area (Å²) in [6.45, 7) is 7.18. The van der Waals surface area contributed by atoms with Crippen LogP contribution in [0.1, 0.15) is 32.8 Å². The van der Waals surface area contributed by atoms with Gasteiger partial charge >= 0.3 is 0 Å². The third-order valence-electron chi connectivity index (χ3n) is 3.12. The van der Waals surface area contributed by atoms with Crippen molar-refractivity contribution in [2.75, 3.05) is 11.9 Å². The lowest BCUT2D eigenvalue weighted by Crippen LogP contribution is -2.06. The maximum atomic E-state index is 14.0. The van der Waals surface area contributed by atoms with Gasteiger partial charge in [0.25, 0.3) is 0 Å². The Bertz CT molecular complexity index is 596. The molecule has 3 nitrogen and oxygen atoms in total. The van der Waals surface area contributed by atoms with Gasteiger partial charge in [0.1, 0.15) is 5.69 Å². The molecule has 112 valence electrons. The molecule has 2 rings (SSSR count). The van der Waals surface area contributed by atoms with Crippen molar-refractivity contribution < 1.29 is 4.39 Å². The first kappa shape index (κ1) is 15.4. The molecule has 0 spiro atoms. The summed E-state index contributed by atoms with van der Waals surface area (Å²) in [4.78, 5) is 8.28. The van der Waals surface area contributed by atoms with Crippen LogP contribution in [-0.4, -0.2) is 16.5 Å². The number of hydrogen-bond acceptors (Lipinski definition) is 3. The molecule has 0 aliphatic carbocycles. The van der Waals surface area contributed by atoms with E-state index in [9.17, 15) is 4.39 Å². The Morgan fingerprint density at radius 3 is 2.81 bits per heavy atom. The summed E-state index contributed by atoms with van der Waals surface area (Å²) in [5.41, 5.74) is 2.35. The monoisotopic (exact) mass is 287 g/mol. The predicted octanol–water partition coefficient (Wildman–Crippen LogP) is 4.30. The summed E-state index contributed by atoms with van der Waals surface area (Å²) in [6.07, 6.45) is 3.18. The van der Waals surface area contributed by atoms with Gasteiger partial charge in [-0.1, -0.05) is 39.0 Å². The van der Waals surface area contributed by atoms with Gasteiger partial charge in [0.05, 0.1) is 6.20 Å². The minimum absolute atomic E-state index is 0.356. The number of nitrogens with one attached hydrogen (secondary N) is 1. The van der Waals surface area contributed by atoms with Crippen molar-refractivity contribution in [1.82, 2.24) is 9.97 Å². The number of anilines is 1. The van der Waals surface area contributed by atoms with Crippen molar-refractivity contribution in [3.8, 4) is 11.3 Å². The van der Waals surface area contributed by atoms with Crippen LogP contribution in [0.4, 0.5) is 10.3 Å². The molecule has 0 aliphatic rings. The Kier molecular flexibility index (Phi) is 5.26. The molecule has 0 fully saturated rings. The maximum absolute atomic E-state index is 14.0. The Morgan fingerprint density at radius 2 is 2.10 bits per heavy atom. The Labute approximate surface area is 125 Å². The fraction of sp³-hybridized carbons (Fsp3) is 0.412. The van der Waals surface area contributed by atoms with Crippen molar-refractivity contribution in [3.05, 3.63) is 41.8 Å². The van der Waals surface area contributed by atoms with E-state index in [1.54, 1.807) is 0 Å².